The van der Waals surface area contributed by atoms with Gasteiger partial charge in [-0.1, -0.05) is 26.0 Å². The van der Waals surface area contributed by atoms with Gasteiger partial charge < -0.3 is 18.8 Å². The van der Waals surface area contributed by atoms with Gasteiger partial charge in [0.2, 0.25) is 0 Å². The lowest BCUT2D eigenvalue weighted by Gasteiger charge is -2.31. The molecule has 0 fully saturated rings. The van der Waals surface area contributed by atoms with E-state index in [1.54, 1.807) is 16.7 Å². The molecular formula is C20H17F2NO5. The van der Waals surface area contributed by atoms with Gasteiger partial charge in [0.15, 0.2) is 22.5 Å². The molecule has 0 radical (unpaired) electrons. The molecule has 0 amide bonds. The van der Waals surface area contributed by atoms with Crippen LogP contribution in [0.4, 0.5) is 8.78 Å². The van der Waals surface area contributed by atoms with Crippen molar-refractivity contribution in [2.45, 2.75) is 32.9 Å². The fraction of sp³-hybridized carbons (Fsp3) is 0.300. The summed E-state index contributed by atoms with van der Waals surface area (Å²) in [4.78, 5) is 23.7. The highest BCUT2D eigenvalue weighted by atomic mass is 19.3. The molecule has 0 bridgehead atoms. The maximum Gasteiger partial charge on any atom is 0.387 e. The van der Waals surface area contributed by atoms with Crippen LogP contribution in [-0.2, 0) is 6.42 Å². The maximum absolute atomic E-state index is 12.7. The summed E-state index contributed by atoms with van der Waals surface area (Å²) in [7, 11) is 0. The zero-order valence-electron chi connectivity index (χ0n) is 15.1. The molecule has 8 heteroatoms. The molecule has 3 heterocycles. The average Bonchev–Trinajstić information content (AvgIpc) is 2.99. The minimum absolute atomic E-state index is 0.0842. The Balaban J connectivity index is 2.01. The van der Waals surface area contributed by atoms with Gasteiger partial charge >= 0.3 is 12.6 Å². The number of rotatable bonds is 4. The van der Waals surface area contributed by atoms with Gasteiger partial charge in [0.25, 0.3) is 0 Å². The molecule has 146 valence electrons. The number of carbonyl (C=O) groups is 1. The molecule has 28 heavy (non-hydrogen) atoms. The van der Waals surface area contributed by atoms with Crippen molar-refractivity contribution in [2.24, 2.45) is 5.92 Å². The van der Waals surface area contributed by atoms with Crippen molar-refractivity contribution >= 4 is 16.9 Å². The summed E-state index contributed by atoms with van der Waals surface area (Å²) in [6.07, 6.45) is 1.84. The van der Waals surface area contributed by atoms with E-state index >= 15 is 0 Å². The zero-order chi connectivity index (χ0) is 20.2. The number of ether oxygens (including phenoxy) is 1. The van der Waals surface area contributed by atoms with E-state index in [-0.39, 0.29) is 28.9 Å². The van der Waals surface area contributed by atoms with E-state index in [1.807, 2.05) is 13.8 Å². The molecular weight excluding hydrogens is 372 g/mol. The van der Waals surface area contributed by atoms with Crippen molar-refractivity contribution in [1.29, 1.82) is 0 Å². The van der Waals surface area contributed by atoms with E-state index in [0.29, 0.717) is 23.3 Å². The number of hydrogen-bond acceptors (Lipinski definition) is 4. The number of para-hydroxylation sites is 1. The summed E-state index contributed by atoms with van der Waals surface area (Å²) in [5.41, 5.74) is 0.429. The molecule has 1 aliphatic heterocycles. The summed E-state index contributed by atoms with van der Waals surface area (Å²) in [6.45, 7) is 0.987. The van der Waals surface area contributed by atoms with Crippen LogP contribution in [0.2, 0.25) is 0 Å². The molecule has 1 atom stereocenters. The van der Waals surface area contributed by atoms with Crippen LogP contribution in [0.15, 0.2) is 39.7 Å². The Morgan fingerprint density at radius 3 is 2.75 bits per heavy atom. The molecule has 4 rings (SSSR count). The topological polar surface area (TPSA) is 81.7 Å². The van der Waals surface area contributed by atoms with Gasteiger partial charge in [0.05, 0.1) is 5.69 Å². The number of pyridine rings is 1. The van der Waals surface area contributed by atoms with E-state index in [1.165, 1.54) is 18.3 Å². The highest BCUT2D eigenvalue weighted by Crippen LogP contribution is 2.44. The Morgan fingerprint density at radius 1 is 1.36 bits per heavy atom. The quantitative estimate of drug-likeness (QED) is 0.719. The number of fused-ring (bicyclic) bond motifs is 5. The summed E-state index contributed by atoms with van der Waals surface area (Å²) in [6, 6.07) is 5.86. The third kappa shape index (κ3) is 2.76. The Labute approximate surface area is 158 Å². The number of benzene rings is 1. The van der Waals surface area contributed by atoms with Crippen molar-refractivity contribution < 1.29 is 27.8 Å². The van der Waals surface area contributed by atoms with Crippen LogP contribution in [0.3, 0.4) is 0 Å². The Morgan fingerprint density at radius 2 is 2.11 bits per heavy atom. The van der Waals surface area contributed by atoms with Gasteiger partial charge in [-0.2, -0.15) is 8.78 Å². The zero-order valence-corrected chi connectivity index (χ0v) is 15.1. The SMILES string of the molecule is CC(C)C1Cc2c(oc3c(OC(F)F)cccc23)-c2cc(=O)c(C(=O)O)cn21. The number of aromatic carboxylic acids is 1. The lowest BCUT2D eigenvalue weighted by Crippen LogP contribution is -2.27. The van der Waals surface area contributed by atoms with Gasteiger partial charge in [-0.05, 0) is 18.4 Å². The normalized spacial score (nSPS) is 15.7. The number of hydrogen-bond donors (Lipinski definition) is 1. The van der Waals surface area contributed by atoms with Crippen LogP contribution in [0.25, 0.3) is 22.4 Å². The summed E-state index contributed by atoms with van der Waals surface area (Å²) < 4.78 is 37.7. The van der Waals surface area contributed by atoms with E-state index in [0.717, 1.165) is 5.56 Å². The minimum Gasteiger partial charge on any atom is -0.477 e. The molecule has 3 aromatic rings. The number of halogens is 2. The number of aromatic nitrogens is 1. The van der Waals surface area contributed by atoms with Crippen molar-refractivity contribution in [2.75, 3.05) is 0 Å². The predicted octanol–water partition coefficient (Wildman–Crippen LogP) is 4.31. The first kappa shape index (κ1) is 18.2. The molecule has 1 N–H and O–H groups in total. The predicted molar refractivity (Wildman–Crippen MR) is 97.1 cm³/mol. The van der Waals surface area contributed by atoms with E-state index < -0.39 is 18.0 Å². The summed E-state index contributed by atoms with van der Waals surface area (Å²) >= 11 is 0. The second-order valence-corrected chi connectivity index (χ2v) is 7.09. The number of alkyl halides is 2. The van der Waals surface area contributed by atoms with E-state index in [2.05, 4.69) is 4.74 Å². The molecule has 1 aliphatic rings. The Hall–Kier alpha value is -3.16. The highest BCUT2D eigenvalue weighted by molar-refractivity contribution is 5.92. The second-order valence-electron chi connectivity index (χ2n) is 7.09. The van der Waals surface area contributed by atoms with Crippen LogP contribution < -0.4 is 10.2 Å². The molecule has 1 aromatic carbocycles. The largest absolute Gasteiger partial charge is 0.477 e. The summed E-state index contributed by atoms with van der Waals surface area (Å²) in [5, 5.41) is 9.94. The molecule has 0 aliphatic carbocycles. The van der Waals surface area contributed by atoms with Gasteiger partial charge in [-0.25, -0.2) is 4.79 Å². The van der Waals surface area contributed by atoms with E-state index in [9.17, 15) is 23.5 Å². The fourth-order valence-electron chi connectivity index (χ4n) is 3.77. The average molecular weight is 389 g/mol. The van der Waals surface area contributed by atoms with Crippen LogP contribution in [0, 0.1) is 5.92 Å². The third-order valence-corrected chi connectivity index (χ3v) is 5.08. The number of carboxylic acid groups (broad SMARTS) is 1. The molecule has 2 aromatic heterocycles. The van der Waals surface area contributed by atoms with E-state index in [4.69, 9.17) is 4.42 Å². The summed E-state index contributed by atoms with van der Waals surface area (Å²) in [5.74, 6) is -0.891. The molecule has 6 nitrogen and oxygen atoms in total. The first-order valence-electron chi connectivity index (χ1n) is 8.77. The first-order valence-corrected chi connectivity index (χ1v) is 8.77. The van der Waals surface area contributed by atoms with Crippen LogP contribution in [0.1, 0.15) is 35.8 Å². The lowest BCUT2D eigenvalue weighted by molar-refractivity contribution is -0.0493. The molecule has 0 saturated heterocycles. The number of furan rings is 1. The molecule has 0 saturated carbocycles. The molecule has 1 unspecified atom stereocenters. The second kappa shape index (κ2) is 6.47. The van der Waals surface area contributed by atoms with Crippen molar-refractivity contribution in [3.8, 4) is 17.2 Å². The Kier molecular flexibility index (Phi) is 4.21. The monoisotopic (exact) mass is 389 g/mol. The Bertz CT molecular complexity index is 1150. The van der Waals surface area contributed by atoms with Crippen LogP contribution in [0.5, 0.6) is 5.75 Å². The maximum atomic E-state index is 12.7. The fourth-order valence-corrected chi connectivity index (χ4v) is 3.77. The molecule has 0 spiro atoms. The van der Waals surface area contributed by atoms with Gasteiger partial charge in [-0.3, -0.25) is 4.79 Å². The standard InChI is InChI=1S/C20H17F2NO5/c1-9(2)13-6-11-10-4-3-5-16(27-20(21)22)18(10)28-17(11)14-7-15(24)12(19(25)26)8-23(13)14/h3-5,7-9,13,20H,6H2,1-2H3,(H,25,26). The highest BCUT2D eigenvalue weighted by Gasteiger charge is 2.32. The van der Waals surface area contributed by atoms with Crippen molar-refractivity contribution in [1.82, 2.24) is 4.57 Å². The van der Waals surface area contributed by atoms with Crippen molar-refractivity contribution in [3.05, 3.63) is 51.8 Å². The number of carboxylic acids is 1. The van der Waals surface area contributed by atoms with Gasteiger partial charge in [-0.15, -0.1) is 0 Å². The third-order valence-electron chi connectivity index (χ3n) is 5.08. The van der Waals surface area contributed by atoms with Crippen LogP contribution in [-0.4, -0.2) is 22.3 Å². The van der Waals surface area contributed by atoms with Crippen LogP contribution >= 0.6 is 0 Å². The van der Waals surface area contributed by atoms with Gasteiger partial charge in [0.1, 0.15) is 5.56 Å². The minimum atomic E-state index is -3.00. The number of nitrogens with zero attached hydrogens (tertiary/aromatic N) is 1. The lowest BCUT2D eigenvalue weighted by atomic mass is 9.89. The smallest absolute Gasteiger partial charge is 0.387 e. The van der Waals surface area contributed by atoms with Crippen molar-refractivity contribution in [3.63, 3.8) is 0 Å². The van der Waals surface area contributed by atoms with Gasteiger partial charge in [0, 0.05) is 29.3 Å². The first-order chi connectivity index (χ1) is 13.3.